The molecule has 2 aromatic carbocycles. The predicted molar refractivity (Wildman–Crippen MR) is 94.1 cm³/mol. The number of nitro benzene ring substituents is 2. The van der Waals surface area contributed by atoms with Gasteiger partial charge in [-0.1, -0.05) is 0 Å². The van der Waals surface area contributed by atoms with Gasteiger partial charge in [-0.15, -0.1) is 0 Å². The van der Waals surface area contributed by atoms with Crippen LogP contribution in [0.1, 0.15) is 11.1 Å². The fourth-order valence-corrected chi connectivity index (χ4v) is 4.55. The summed E-state index contributed by atoms with van der Waals surface area (Å²) in [7, 11) is 1.90. The SMILES string of the molecule is O=[N+]([O-])c1cc(S(=O)(=O)Cl)cc2c1-c1c(cc(S(=O)(=O)Cl)cc1[N+](=O)[O-])C2. The Labute approximate surface area is 160 Å². The second kappa shape index (κ2) is 6.12. The van der Waals surface area contributed by atoms with Gasteiger partial charge in [0.05, 0.1) is 30.8 Å². The third-order valence-electron chi connectivity index (χ3n) is 3.93. The van der Waals surface area contributed by atoms with Crippen molar-refractivity contribution in [3.05, 3.63) is 55.6 Å². The third kappa shape index (κ3) is 3.36. The number of rotatable bonds is 4. The predicted octanol–water partition coefficient (Wildman–Crippen LogP) is 2.93. The van der Waals surface area contributed by atoms with Crippen molar-refractivity contribution in [2.24, 2.45) is 0 Å². The number of nitro groups is 2. The van der Waals surface area contributed by atoms with Gasteiger partial charge in [0.1, 0.15) is 0 Å². The Morgan fingerprint density at radius 3 is 1.33 bits per heavy atom. The summed E-state index contributed by atoms with van der Waals surface area (Å²) in [6, 6.07) is 3.52. The van der Waals surface area contributed by atoms with Crippen molar-refractivity contribution in [1.82, 2.24) is 0 Å². The van der Waals surface area contributed by atoms with Crippen LogP contribution in [0.2, 0.25) is 0 Å². The maximum absolute atomic E-state index is 11.6. The summed E-state index contributed by atoms with van der Waals surface area (Å²) in [5.74, 6) is 0. The second-order valence-corrected chi connectivity index (χ2v) is 10.7. The number of fused-ring (bicyclic) bond motifs is 3. The molecule has 3 rings (SSSR count). The molecule has 2 aromatic rings. The van der Waals surface area contributed by atoms with Gasteiger partial charge in [-0.25, -0.2) is 16.8 Å². The van der Waals surface area contributed by atoms with Gasteiger partial charge in [0, 0.05) is 33.5 Å². The molecule has 1 aliphatic rings. The van der Waals surface area contributed by atoms with Crippen molar-refractivity contribution in [1.29, 1.82) is 0 Å². The van der Waals surface area contributed by atoms with Gasteiger partial charge in [0.25, 0.3) is 29.5 Å². The minimum absolute atomic E-state index is 0.0886. The molecule has 0 saturated heterocycles. The average molecular weight is 453 g/mol. The minimum atomic E-state index is -4.31. The first-order chi connectivity index (χ1) is 12.3. The van der Waals surface area contributed by atoms with E-state index in [9.17, 15) is 37.1 Å². The quantitative estimate of drug-likeness (QED) is 0.332. The molecule has 27 heavy (non-hydrogen) atoms. The van der Waals surface area contributed by atoms with Crippen LogP contribution in [0.25, 0.3) is 11.1 Å². The van der Waals surface area contributed by atoms with Crippen LogP contribution in [0.5, 0.6) is 0 Å². The lowest BCUT2D eigenvalue weighted by Gasteiger charge is -2.06. The summed E-state index contributed by atoms with van der Waals surface area (Å²) in [5, 5.41) is 22.9. The van der Waals surface area contributed by atoms with Crippen molar-refractivity contribution in [3.8, 4) is 11.1 Å². The highest BCUT2D eigenvalue weighted by Gasteiger charge is 2.36. The summed E-state index contributed by atoms with van der Waals surface area (Å²) in [6.45, 7) is 0. The lowest BCUT2D eigenvalue weighted by atomic mass is 10.0. The number of halogens is 2. The van der Waals surface area contributed by atoms with E-state index in [2.05, 4.69) is 0 Å². The molecule has 1 aliphatic carbocycles. The Hall–Kier alpha value is -2.28. The molecule has 0 aliphatic heterocycles. The number of hydrogen-bond acceptors (Lipinski definition) is 8. The average Bonchev–Trinajstić information content (AvgIpc) is 2.89. The van der Waals surface area contributed by atoms with Gasteiger partial charge in [-0.3, -0.25) is 20.2 Å². The van der Waals surface area contributed by atoms with Crippen LogP contribution < -0.4 is 0 Å². The number of hydrogen-bond donors (Lipinski definition) is 0. The largest absolute Gasteiger partial charge is 0.279 e. The standard InChI is InChI=1S/C13H6Cl2N2O8S2/c14-26(22,23)8-2-6-1-7-3-9(27(15,24)25)5-11(17(20)21)13(7)12(6)10(4-8)16(18)19/h2-5H,1H2. The zero-order chi connectivity index (χ0) is 20.3. The van der Waals surface area contributed by atoms with Gasteiger partial charge in [-0.05, 0) is 29.7 Å². The summed E-state index contributed by atoms with van der Waals surface area (Å²) in [4.78, 5) is 20.0. The van der Waals surface area contributed by atoms with E-state index in [0.717, 1.165) is 12.1 Å². The summed E-state index contributed by atoms with van der Waals surface area (Å²) >= 11 is 0. The van der Waals surface area contributed by atoms with Crippen LogP contribution >= 0.6 is 21.4 Å². The Morgan fingerprint density at radius 1 is 0.741 bits per heavy atom. The molecule has 0 atom stereocenters. The maximum Gasteiger partial charge on any atom is 0.279 e. The topological polar surface area (TPSA) is 155 Å². The van der Waals surface area contributed by atoms with E-state index < -0.39 is 49.1 Å². The van der Waals surface area contributed by atoms with E-state index in [1.807, 2.05) is 0 Å². The molecule has 0 fully saturated rings. The van der Waals surface area contributed by atoms with E-state index >= 15 is 0 Å². The molecule has 0 aromatic heterocycles. The maximum atomic E-state index is 11.6. The second-order valence-electron chi connectivity index (χ2n) is 5.52. The zero-order valence-corrected chi connectivity index (χ0v) is 15.9. The van der Waals surface area contributed by atoms with Crippen LogP contribution in [-0.2, 0) is 24.5 Å². The van der Waals surface area contributed by atoms with E-state index in [4.69, 9.17) is 21.4 Å². The van der Waals surface area contributed by atoms with E-state index in [0.29, 0.717) is 12.1 Å². The van der Waals surface area contributed by atoms with Crippen LogP contribution in [0.4, 0.5) is 11.4 Å². The molecular weight excluding hydrogens is 447 g/mol. The molecule has 0 unspecified atom stereocenters. The first-order valence-corrected chi connectivity index (χ1v) is 11.4. The fraction of sp³-hybridized carbons (Fsp3) is 0.0769. The molecular formula is C13H6Cl2N2O8S2. The Kier molecular flexibility index (Phi) is 4.42. The first-order valence-electron chi connectivity index (χ1n) is 6.83. The van der Waals surface area contributed by atoms with Gasteiger partial charge in [0.2, 0.25) is 0 Å². The van der Waals surface area contributed by atoms with Crippen molar-refractivity contribution < 1.29 is 26.7 Å². The molecule has 0 spiro atoms. The zero-order valence-electron chi connectivity index (χ0n) is 12.7. The molecule has 0 saturated carbocycles. The summed E-state index contributed by atoms with van der Waals surface area (Å²) in [6.07, 6.45) is -0.174. The van der Waals surface area contributed by atoms with Gasteiger partial charge >= 0.3 is 0 Å². The molecule has 0 radical (unpaired) electrons. The third-order valence-corrected chi connectivity index (χ3v) is 6.60. The van der Waals surface area contributed by atoms with Crippen LogP contribution in [0, 0.1) is 20.2 Å². The highest BCUT2D eigenvalue weighted by atomic mass is 35.7. The van der Waals surface area contributed by atoms with E-state index in [1.165, 1.54) is 0 Å². The van der Waals surface area contributed by atoms with Crippen molar-refractivity contribution in [2.45, 2.75) is 16.2 Å². The molecule has 14 heteroatoms. The normalized spacial score (nSPS) is 13.1. The molecule has 142 valence electrons. The van der Waals surface area contributed by atoms with Gasteiger partial charge < -0.3 is 0 Å². The van der Waals surface area contributed by atoms with Crippen molar-refractivity contribution >= 4 is 50.8 Å². The number of benzene rings is 2. The molecule has 0 amide bonds. The lowest BCUT2D eigenvalue weighted by Crippen LogP contribution is -2.00. The molecule has 0 heterocycles. The summed E-state index contributed by atoms with van der Waals surface area (Å²) in [5.41, 5.74) is -1.55. The van der Waals surface area contributed by atoms with Gasteiger partial charge in [-0.2, -0.15) is 0 Å². The minimum Gasteiger partial charge on any atom is -0.258 e. The van der Waals surface area contributed by atoms with Crippen LogP contribution in [0.15, 0.2) is 34.1 Å². The Bertz CT molecular complexity index is 1160. The van der Waals surface area contributed by atoms with Crippen molar-refractivity contribution in [2.75, 3.05) is 0 Å². The van der Waals surface area contributed by atoms with Crippen LogP contribution in [-0.4, -0.2) is 26.7 Å². The van der Waals surface area contributed by atoms with Crippen LogP contribution in [0.3, 0.4) is 0 Å². The van der Waals surface area contributed by atoms with Crippen molar-refractivity contribution in [3.63, 3.8) is 0 Å². The molecule has 0 bridgehead atoms. The Balaban J connectivity index is 2.44. The molecule has 10 nitrogen and oxygen atoms in total. The summed E-state index contributed by atoms with van der Waals surface area (Å²) < 4.78 is 46.3. The molecule has 0 N–H and O–H groups in total. The smallest absolute Gasteiger partial charge is 0.258 e. The van der Waals surface area contributed by atoms with E-state index in [1.54, 1.807) is 0 Å². The highest BCUT2D eigenvalue weighted by molar-refractivity contribution is 8.14. The lowest BCUT2D eigenvalue weighted by molar-refractivity contribution is -0.386. The Morgan fingerprint density at radius 2 is 1.07 bits per heavy atom. The first kappa shape index (κ1) is 19.5. The highest BCUT2D eigenvalue weighted by Crippen LogP contribution is 2.49. The van der Waals surface area contributed by atoms with E-state index in [-0.39, 0.29) is 28.7 Å². The monoisotopic (exact) mass is 452 g/mol. The number of nitrogens with zero attached hydrogens (tertiary/aromatic N) is 2. The van der Waals surface area contributed by atoms with Gasteiger partial charge in [0.15, 0.2) is 0 Å². The fourth-order valence-electron chi connectivity index (χ4n) is 2.94.